The Hall–Kier alpha value is -2.52. The van der Waals surface area contributed by atoms with Crippen molar-refractivity contribution in [2.24, 2.45) is 0 Å². The molecule has 2 N–H and O–H groups in total. The summed E-state index contributed by atoms with van der Waals surface area (Å²) in [6.07, 6.45) is 1.73. The van der Waals surface area contributed by atoms with Crippen molar-refractivity contribution < 1.29 is 9.53 Å². The van der Waals surface area contributed by atoms with E-state index >= 15 is 0 Å². The molecule has 0 bridgehead atoms. The molecule has 142 valence electrons. The smallest absolute Gasteiger partial charge is 0.257 e. The Morgan fingerprint density at radius 1 is 1.14 bits per heavy atom. The van der Waals surface area contributed by atoms with Crippen LogP contribution in [0.4, 0.5) is 5.82 Å². The molecular weight excluding hydrogens is 485 g/mol. The first-order valence-electron chi connectivity index (χ1n) is 8.52. The zero-order valence-electron chi connectivity index (χ0n) is 15.1. The normalized spacial score (nSPS) is 10.2. The van der Waals surface area contributed by atoms with Gasteiger partial charge in [-0.2, -0.15) is 0 Å². The molecule has 1 amide bonds. The Morgan fingerprint density at radius 2 is 1.86 bits per heavy atom. The van der Waals surface area contributed by atoms with E-state index in [-0.39, 0.29) is 11.0 Å². The quantitative estimate of drug-likeness (QED) is 0.391. The lowest BCUT2D eigenvalue weighted by molar-refractivity contribution is 0.0977. The van der Waals surface area contributed by atoms with Gasteiger partial charge in [-0.15, -0.1) is 0 Å². The van der Waals surface area contributed by atoms with Gasteiger partial charge < -0.3 is 10.1 Å². The molecule has 1 heterocycles. The number of carbonyl (C=O) groups is 1. The minimum absolute atomic E-state index is 0.200. The van der Waals surface area contributed by atoms with Crippen LogP contribution in [0.15, 0.2) is 66.9 Å². The van der Waals surface area contributed by atoms with Gasteiger partial charge in [0.05, 0.1) is 0 Å². The number of nitrogens with zero attached hydrogens (tertiary/aromatic N) is 1. The second kappa shape index (κ2) is 9.61. The summed E-state index contributed by atoms with van der Waals surface area (Å²) in [4.78, 5) is 16.7. The maximum absolute atomic E-state index is 12.4. The minimum atomic E-state index is -0.296. The highest BCUT2D eigenvalue weighted by molar-refractivity contribution is 14.1. The number of nitrogens with one attached hydrogen (secondary N) is 2. The van der Waals surface area contributed by atoms with Gasteiger partial charge in [-0.25, -0.2) is 4.98 Å². The van der Waals surface area contributed by atoms with Crippen LogP contribution in [-0.2, 0) is 6.61 Å². The van der Waals surface area contributed by atoms with Crippen LogP contribution in [0.25, 0.3) is 0 Å². The lowest BCUT2D eigenvalue weighted by atomic mass is 10.2. The first-order chi connectivity index (χ1) is 13.5. The molecule has 3 rings (SSSR count). The van der Waals surface area contributed by atoms with Crippen molar-refractivity contribution in [3.05, 3.63) is 87.1 Å². The second-order valence-electron chi connectivity index (χ2n) is 6.03. The van der Waals surface area contributed by atoms with E-state index in [1.165, 1.54) is 0 Å². The molecule has 0 saturated heterocycles. The van der Waals surface area contributed by atoms with E-state index in [0.717, 1.165) is 14.7 Å². The summed E-state index contributed by atoms with van der Waals surface area (Å²) in [5.41, 5.74) is 2.52. The van der Waals surface area contributed by atoms with Crippen LogP contribution < -0.4 is 15.4 Å². The third kappa shape index (κ3) is 5.74. The average molecular weight is 503 g/mol. The molecule has 0 aliphatic rings. The fourth-order valence-corrected chi connectivity index (χ4v) is 3.22. The van der Waals surface area contributed by atoms with Crippen LogP contribution >= 0.6 is 34.8 Å². The van der Waals surface area contributed by atoms with Crippen LogP contribution in [0.3, 0.4) is 0 Å². The highest BCUT2D eigenvalue weighted by Crippen LogP contribution is 2.15. The monoisotopic (exact) mass is 503 g/mol. The largest absolute Gasteiger partial charge is 0.489 e. The summed E-state index contributed by atoms with van der Waals surface area (Å²) < 4.78 is 6.76. The number of amides is 1. The van der Waals surface area contributed by atoms with Crippen molar-refractivity contribution in [2.75, 3.05) is 5.32 Å². The second-order valence-corrected chi connectivity index (χ2v) is 7.68. The number of hydrogen-bond acceptors (Lipinski definition) is 4. The number of pyridine rings is 1. The van der Waals surface area contributed by atoms with Gasteiger partial charge in [0.1, 0.15) is 18.2 Å². The van der Waals surface area contributed by atoms with E-state index in [0.29, 0.717) is 23.7 Å². The van der Waals surface area contributed by atoms with Gasteiger partial charge in [-0.1, -0.05) is 30.3 Å². The molecule has 0 spiro atoms. The van der Waals surface area contributed by atoms with E-state index in [1.807, 2.05) is 43.3 Å². The predicted octanol–water partition coefficient (Wildman–Crippen LogP) is 4.70. The zero-order chi connectivity index (χ0) is 19.9. The first kappa shape index (κ1) is 20.2. The lowest BCUT2D eigenvalue weighted by Crippen LogP contribution is -2.34. The van der Waals surface area contributed by atoms with Crippen molar-refractivity contribution >= 4 is 51.6 Å². The molecule has 0 atom stereocenters. The maximum atomic E-state index is 12.4. The van der Waals surface area contributed by atoms with Crippen LogP contribution in [0.2, 0.25) is 0 Å². The first-order valence-corrected chi connectivity index (χ1v) is 10.0. The van der Waals surface area contributed by atoms with E-state index in [4.69, 9.17) is 17.0 Å². The Bertz CT molecular complexity index is 979. The molecule has 0 unspecified atom stereocenters. The van der Waals surface area contributed by atoms with Gasteiger partial charge >= 0.3 is 0 Å². The van der Waals surface area contributed by atoms with Crippen molar-refractivity contribution in [1.82, 2.24) is 10.3 Å². The SMILES string of the molecule is Cc1cc(I)cnc1NC(=S)NC(=O)c1ccc(OCc2ccccc2)cc1. The number of anilines is 1. The van der Waals surface area contributed by atoms with E-state index in [2.05, 4.69) is 38.2 Å². The van der Waals surface area contributed by atoms with Crippen molar-refractivity contribution in [2.45, 2.75) is 13.5 Å². The third-order valence-corrected chi connectivity index (χ3v) is 4.66. The summed E-state index contributed by atoms with van der Waals surface area (Å²) in [6.45, 7) is 2.40. The molecule has 5 nitrogen and oxygen atoms in total. The van der Waals surface area contributed by atoms with Crippen molar-refractivity contribution in [3.63, 3.8) is 0 Å². The van der Waals surface area contributed by atoms with Crippen molar-refractivity contribution in [3.8, 4) is 5.75 Å². The minimum Gasteiger partial charge on any atom is -0.489 e. The van der Waals surface area contributed by atoms with Crippen LogP contribution in [0.1, 0.15) is 21.5 Å². The number of aryl methyl sites for hydroxylation is 1. The number of ether oxygens (including phenoxy) is 1. The fourth-order valence-electron chi connectivity index (χ4n) is 2.43. The van der Waals surface area contributed by atoms with Crippen LogP contribution in [0.5, 0.6) is 5.75 Å². The molecule has 0 aliphatic carbocycles. The Labute approximate surface area is 182 Å². The average Bonchev–Trinajstić information content (AvgIpc) is 2.69. The standard InChI is InChI=1S/C21H18IN3O2S/c1-14-11-17(22)12-23-19(14)24-21(28)25-20(26)16-7-9-18(10-8-16)27-13-15-5-3-2-4-6-15/h2-12H,13H2,1H3,(H2,23,24,25,26,28). The number of hydrogen-bond donors (Lipinski definition) is 2. The summed E-state index contributed by atoms with van der Waals surface area (Å²) in [6, 6.07) is 18.8. The lowest BCUT2D eigenvalue weighted by Gasteiger charge is -2.11. The Balaban J connectivity index is 1.54. The van der Waals surface area contributed by atoms with E-state index in [1.54, 1.807) is 30.5 Å². The third-order valence-electron chi connectivity index (χ3n) is 3.87. The van der Waals surface area contributed by atoms with Gasteiger partial charge in [-0.3, -0.25) is 10.1 Å². The Morgan fingerprint density at radius 3 is 2.54 bits per heavy atom. The number of rotatable bonds is 5. The molecule has 28 heavy (non-hydrogen) atoms. The number of aromatic nitrogens is 1. The molecule has 0 saturated carbocycles. The number of thiocarbonyl (C=S) groups is 1. The topological polar surface area (TPSA) is 63.2 Å². The predicted molar refractivity (Wildman–Crippen MR) is 123 cm³/mol. The van der Waals surface area contributed by atoms with Crippen LogP contribution in [-0.4, -0.2) is 16.0 Å². The summed E-state index contributed by atoms with van der Waals surface area (Å²) >= 11 is 7.41. The molecule has 7 heteroatoms. The fraction of sp³-hybridized carbons (Fsp3) is 0.0952. The van der Waals surface area contributed by atoms with Gasteiger partial charge in [-0.05, 0) is 83.2 Å². The molecule has 0 aliphatic heterocycles. The number of halogens is 1. The molecule has 0 fully saturated rings. The van der Waals surface area contributed by atoms with Gasteiger partial charge in [0.2, 0.25) is 0 Å². The van der Waals surface area contributed by atoms with Crippen molar-refractivity contribution in [1.29, 1.82) is 0 Å². The summed E-state index contributed by atoms with van der Waals surface area (Å²) in [7, 11) is 0. The maximum Gasteiger partial charge on any atom is 0.257 e. The molecular formula is C21H18IN3O2S. The molecule has 0 radical (unpaired) electrons. The van der Waals surface area contributed by atoms with E-state index in [9.17, 15) is 4.79 Å². The van der Waals surface area contributed by atoms with Gasteiger partial charge in [0, 0.05) is 15.3 Å². The van der Waals surface area contributed by atoms with Gasteiger partial charge in [0.25, 0.3) is 5.91 Å². The summed E-state index contributed by atoms with van der Waals surface area (Å²) in [5, 5.41) is 5.81. The molecule has 3 aromatic rings. The highest BCUT2D eigenvalue weighted by Gasteiger charge is 2.10. The zero-order valence-corrected chi connectivity index (χ0v) is 18.1. The van der Waals surface area contributed by atoms with Crippen LogP contribution in [0, 0.1) is 10.5 Å². The molecule has 2 aromatic carbocycles. The summed E-state index contributed by atoms with van der Waals surface area (Å²) in [5.74, 6) is 1.02. The molecule has 1 aromatic heterocycles. The van der Waals surface area contributed by atoms with Gasteiger partial charge in [0.15, 0.2) is 5.11 Å². The number of carbonyl (C=O) groups excluding carboxylic acids is 1. The number of benzene rings is 2. The van der Waals surface area contributed by atoms with E-state index < -0.39 is 0 Å². The Kier molecular flexibility index (Phi) is 6.94. The highest BCUT2D eigenvalue weighted by atomic mass is 127.